The monoisotopic (exact) mass is 283 g/mol. The number of cyclic esters (lactones) is 2. The molecule has 1 heterocycles. The lowest BCUT2D eigenvalue weighted by Crippen LogP contribution is -2.43. The SMILES string of the molecule is Cc1ccc(N2CC(=O)OC(=O)C2)c(Br)c1. The first-order valence-electron chi connectivity index (χ1n) is 4.81. The van der Waals surface area contributed by atoms with Gasteiger partial charge in [-0.2, -0.15) is 0 Å². The zero-order valence-electron chi connectivity index (χ0n) is 8.70. The summed E-state index contributed by atoms with van der Waals surface area (Å²) in [5.74, 6) is -1.02. The quantitative estimate of drug-likeness (QED) is 0.581. The van der Waals surface area contributed by atoms with Crippen molar-refractivity contribution in [2.75, 3.05) is 18.0 Å². The summed E-state index contributed by atoms with van der Waals surface area (Å²) in [7, 11) is 0. The first-order valence-corrected chi connectivity index (χ1v) is 5.60. The summed E-state index contributed by atoms with van der Waals surface area (Å²) in [6.45, 7) is 2.19. The van der Waals surface area contributed by atoms with Gasteiger partial charge in [0.15, 0.2) is 0 Å². The van der Waals surface area contributed by atoms with Gasteiger partial charge in [0.1, 0.15) is 13.1 Å². The number of esters is 2. The van der Waals surface area contributed by atoms with Crippen molar-refractivity contribution in [1.82, 2.24) is 0 Å². The van der Waals surface area contributed by atoms with Gasteiger partial charge in [0.05, 0.1) is 5.69 Å². The second-order valence-corrected chi connectivity index (χ2v) is 4.51. The van der Waals surface area contributed by atoms with Crippen molar-refractivity contribution in [3.8, 4) is 0 Å². The Balaban J connectivity index is 2.29. The number of hydrogen-bond acceptors (Lipinski definition) is 4. The van der Waals surface area contributed by atoms with E-state index < -0.39 is 11.9 Å². The van der Waals surface area contributed by atoms with E-state index >= 15 is 0 Å². The second kappa shape index (κ2) is 4.25. The molecule has 1 aromatic carbocycles. The Morgan fingerprint density at radius 1 is 1.25 bits per heavy atom. The molecule has 16 heavy (non-hydrogen) atoms. The van der Waals surface area contributed by atoms with Gasteiger partial charge in [-0.1, -0.05) is 6.07 Å². The smallest absolute Gasteiger partial charge is 0.333 e. The van der Waals surface area contributed by atoms with Gasteiger partial charge in [0.2, 0.25) is 0 Å². The molecule has 0 N–H and O–H groups in total. The average Bonchev–Trinajstić information content (AvgIpc) is 2.15. The van der Waals surface area contributed by atoms with E-state index in [0.717, 1.165) is 15.7 Å². The molecule has 0 amide bonds. The number of aryl methyl sites for hydroxylation is 1. The van der Waals surface area contributed by atoms with Gasteiger partial charge in [0, 0.05) is 4.47 Å². The molecule has 1 aliphatic rings. The summed E-state index contributed by atoms with van der Waals surface area (Å²) >= 11 is 3.42. The van der Waals surface area contributed by atoms with Crippen LogP contribution in [0.2, 0.25) is 0 Å². The average molecular weight is 284 g/mol. The highest BCUT2D eigenvalue weighted by Crippen LogP contribution is 2.27. The van der Waals surface area contributed by atoms with E-state index in [9.17, 15) is 9.59 Å². The summed E-state index contributed by atoms with van der Waals surface area (Å²) in [6, 6.07) is 5.76. The molecule has 0 spiro atoms. The zero-order valence-corrected chi connectivity index (χ0v) is 10.3. The van der Waals surface area contributed by atoms with E-state index in [2.05, 4.69) is 20.7 Å². The maximum Gasteiger partial charge on any atom is 0.333 e. The van der Waals surface area contributed by atoms with Crippen molar-refractivity contribution < 1.29 is 14.3 Å². The van der Waals surface area contributed by atoms with Crippen molar-refractivity contribution in [3.63, 3.8) is 0 Å². The molecule has 0 bridgehead atoms. The molecule has 1 fully saturated rings. The molecule has 5 heteroatoms. The lowest BCUT2D eigenvalue weighted by atomic mass is 10.2. The summed E-state index contributed by atoms with van der Waals surface area (Å²) in [5, 5.41) is 0. The molecule has 4 nitrogen and oxygen atoms in total. The van der Waals surface area contributed by atoms with Crippen LogP contribution >= 0.6 is 15.9 Å². The molecule has 1 aliphatic heterocycles. The second-order valence-electron chi connectivity index (χ2n) is 3.66. The third-order valence-electron chi connectivity index (χ3n) is 2.31. The summed E-state index contributed by atoms with van der Waals surface area (Å²) in [5.41, 5.74) is 1.94. The van der Waals surface area contributed by atoms with Gasteiger partial charge in [-0.3, -0.25) is 0 Å². The number of anilines is 1. The maximum absolute atomic E-state index is 11.1. The number of rotatable bonds is 1. The van der Waals surface area contributed by atoms with E-state index in [-0.39, 0.29) is 13.1 Å². The molecule has 0 atom stereocenters. The molecule has 84 valence electrons. The van der Waals surface area contributed by atoms with E-state index in [1.165, 1.54) is 0 Å². The van der Waals surface area contributed by atoms with Crippen LogP contribution in [-0.4, -0.2) is 25.0 Å². The van der Waals surface area contributed by atoms with Gasteiger partial charge in [-0.15, -0.1) is 0 Å². The zero-order chi connectivity index (χ0) is 11.7. The minimum absolute atomic E-state index is 0.105. The van der Waals surface area contributed by atoms with Crippen molar-refractivity contribution in [2.45, 2.75) is 6.92 Å². The third kappa shape index (κ3) is 2.24. The first-order chi connectivity index (χ1) is 7.56. The fourth-order valence-corrected chi connectivity index (χ4v) is 2.34. The van der Waals surface area contributed by atoms with Crippen molar-refractivity contribution in [1.29, 1.82) is 0 Å². The van der Waals surface area contributed by atoms with Crippen LogP contribution in [0.4, 0.5) is 5.69 Å². The van der Waals surface area contributed by atoms with Crippen LogP contribution in [0.25, 0.3) is 0 Å². The normalized spacial score (nSPS) is 16.2. The summed E-state index contributed by atoms with van der Waals surface area (Å²) in [4.78, 5) is 24.0. The highest BCUT2D eigenvalue weighted by Gasteiger charge is 2.25. The summed E-state index contributed by atoms with van der Waals surface area (Å²) < 4.78 is 5.34. The van der Waals surface area contributed by atoms with Crippen LogP contribution in [0.5, 0.6) is 0 Å². The largest absolute Gasteiger partial charge is 0.390 e. The van der Waals surface area contributed by atoms with E-state index in [1.807, 2.05) is 25.1 Å². The van der Waals surface area contributed by atoms with Crippen LogP contribution in [0, 0.1) is 6.92 Å². The number of halogens is 1. The van der Waals surface area contributed by atoms with Crippen LogP contribution in [0.15, 0.2) is 22.7 Å². The number of ether oxygens (including phenoxy) is 1. The third-order valence-corrected chi connectivity index (χ3v) is 2.95. The molecule has 0 aromatic heterocycles. The van der Waals surface area contributed by atoms with Crippen LogP contribution in [0.3, 0.4) is 0 Å². The number of benzene rings is 1. The molecule has 0 aliphatic carbocycles. The standard InChI is InChI=1S/C11H10BrNO3/c1-7-2-3-9(8(12)4-7)13-5-10(14)16-11(15)6-13/h2-4H,5-6H2,1H3. The van der Waals surface area contributed by atoms with Crippen LogP contribution < -0.4 is 4.90 Å². The number of hydrogen-bond donors (Lipinski definition) is 0. The molecular formula is C11H10BrNO3. The topological polar surface area (TPSA) is 46.6 Å². The lowest BCUT2D eigenvalue weighted by molar-refractivity contribution is -0.160. The minimum Gasteiger partial charge on any atom is -0.390 e. The Hall–Kier alpha value is -1.36. The Bertz CT molecular complexity index is 443. The Labute approximate surface area is 101 Å². The Morgan fingerprint density at radius 3 is 2.44 bits per heavy atom. The van der Waals surface area contributed by atoms with Gasteiger partial charge >= 0.3 is 11.9 Å². The summed E-state index contributed by atoms with van der Waals surface area (Å²) in [6.07, 6.45) is 0. The van der Waals surface area contributed by atoms with Crippen LogP contribution in [0.1, 0.15) is 5.56 Å². The highest BCUT2D eigenvalue weighted by molar-refractivity contribution is 9.10. The number of nitrogens with zero attached hydrogens (tertiary/aromatic N) is 1. The van der Waals surface area contributed by atoms with Gasteiger partial charge in [0.25, 0.3) is 0 Å². The molecule has 0 unspecified atom stereocenters. The maximum atomic E-state index is 11.1. The molecule has 0 radical (unpaired) electrons. The van der Waals surface area contributed by atoms with Gasteiger partial charge in [-0.25, -0.2) is 9.59 Å². The van der Waals surface area contributed by atoms with Crippen molar-refractivity contribution in [3.05, 3.63) is 28.2 Å². The first kappa shape index (κ1) is 11.1. The van der Waals surface area contributed by atoms with Crippen LogP contribution in [-0.2, 0) is 14.3 Å². The number of morpholine rings is 1. The van der Waals surface area contributed by atoms with Gasteiger partial charge in [-0.05, 0) is 40.5 Å². The lowest BCUT2D eigenvalue weighted by Gasteiger charge is -2.27. The number of carbonyl (C=O) groups is 2. The molecular weight excluding hydrogens is 274 g/mol. The fraction of sp³-hybridized carbons (Fsp3) is 0.273. The Morgan fingerprint density at radius 2 is 1.88 bits per heavy atom. The fourth-order valence-electron chi connectivity index (χ4n) is 1.60. The van der Waals surface area contributed by atoms with E-state index in [0.29, 0.717) is 0 Å². The Kier molecular flexibility index (Phi) is 2.96. The predicted octanol–water partition coefficient (Wildman–Crippen LogP) is 1.65. The predicted molar refractivity (Wildman–Crippen MR) is 62.2 cm³/mol. The molecule has 1 aromatic rings. The van der Waals surface area contributed by atoms with Crippen molar-refractivity contribution in [2.24, 2.45) is 0 Å². The molecule has 1 saturated heterocycles. The van der Waals surface area contributed by atoms with E-state index in [1.54, 1.807) is 4.90 Å². The molecule has 0 saturated carbocycles. The minimum atomic E-state index is -0.510. The van der Waals surface area contributed by atoms with E-state index in [4.69, 9.17) is 0 Å². The highest BCUT2D eigenvalue weighted by atomic mass is 79.9. The number of carbonyl (C=O) groups excluding carboxylic acids is 2. The molecule has 2 rings (SSSR count). The van der Waals surface area contributed by atoms with Crippen molar-refractivity contribution >= 4 is 33.6 Å². The van der Waals surface area contributed by atoms with Gasteiger partial charge < -0.3 is 9.64 Å².